The van der Waals surface area contributed by atoms with Crippen molar-refractivity contribution in [3.8, 4) is 0 Å². The van der Waals surface area contributed by atoms with E-state index >= 15 is 0 Å². The Morgan fingerprint density at radius 1 is 0.950 bits per heavy atom. The minimum absolute atomic E-state index is 0.0122. The molecule has 0 bridgehead atoms. The third-order valence-corrected chi connectivity index (χ3v) is 7.00. The quantitative estimate of drug-likeness (QED) is 0.107. The van der Waals surface area contributed by atoms with E-state index in [0.717, 1.165) is 30.1 Å². The Hall–Kier alpha value is -3.29. The molecule has 6 nitrogen and oxygen atoms in total. The number of carbonyl (C=O) groups is 1. The highest BCUT2D eigenvalue weighted by atomic mass is 32.2. The second-order valence-electron chi connectivity index (χ2n) is 11.1. The van der Waals surface area contributed by atoms with Crippen LogP contribution in [0, 0.1) is 13.8 Å². The predicted molar refractivity (Wildman–Crippen MR) is 172 cm³/mol. The van der Waals surface area contributed by atoms with Crippen molar-refractivity contribution in [2.45, 2.75) is 66.2 Å². The van der Waals surface area contributed by atoms with Gasteiger partial charge >= 0.3 is 6.09 Å². The molecule has 0 aliphatic carbocycles. The van der Waals surface area contributed by atoms with Gasteiger partial charge < -0.3 is 14.5 Å². The lowest BCUT2D eigenvalue weighted by molar-refractivity contribution is 0.0605. The van der Waals surface area contributed by atoms with Crippen LogP contribution in [0.25, 0.3) is 0 Å². The second kappa shape index (κ2) is 14.9. The normalized spacial score (nSPS) is 12.4. The van der Waals surface area contributed by atoms with Gasteiger partial charge in [0.1, 0.15) is 11.9 Å². The Balaban J connectivity index is 2.02. The first-order valence-electron chi connectivity index (χ1n) is 13.9. The number of benzene rings is 3. The van der Waals surface area contributed by atoms with Gasteiger partial charge in [0.2, 0.25) is 0 Å². The fraction of sp³-hybridized carbons (Fsp3) is 0.394. The molecule has 1 atom stereocenters. The number of anilines is 2. The average Bonchev–Trinajstić information content (AvgIpc) is 2.90. The van der Waals surface area contributed by atoms with E-state index in [1.54, 1.807) is 18.3 Å². The maximum Gasteiger partial charge on any atom is 0.435 e. The summed E-state index contributed by atoms with van der Waals surface area (Å²) in [6, 6.07) is 25.5. The number of rotatable bonds is 12. The summed E-state index contributed by atoms with van der Waals surface area (Å²) in [5.74, 6) is 0.957. The van der Waals surface area contributed by atoms with Crippen LogP contribution in [-0.2, 0) is 17.7 Å². The molecule has 0 radical (unpaired) electrons. The molecular formula is C33H44N4O2S. The van der Waals surface area contributed by atoms with Gasteiger partial charge in [-0.15, -0.1) is 0 Å². The van der Waals surface area contributed by atoms with Crippen molar-refractivity contribution in [2.24, 2.45) is 4.99 Å². The van der Waals surface area contributed by atoms with Gasteiger partial charge in [-0.25, -0.2) is 4.79 Å². The molecule has 1 N–H and O–H groups in total. The lowest BCUT2D eigenvalue weighted by Crippen LogP contribution is -2.43. The molecular weight excluding hydrogens is 516 g/mol. The van der Waals surface area contributed by atoms with Gasteiger partial charge in [0, 0.05) is 25.9 Å². The Bertz CT molecular complexity index is 1240. The maximum absolute atomic E-state index is 12.7. The third-order valence-electron chi connectivity index (χ3n) is 6.34. The monoisotopic (exact) mass is 560 g/mol. The summed E-state index contributed by atoms with van der Waals surface area (Å²) < 4.78 is 9.03. The fourth-order valence-electron chi connectivity index (χ4n) is 4.33. The van der Waals surface area contributed by atoms with Crippen molar-refractivity contribution in [1.29, 1.82) is 0 Å². The number of aryl methyl sites for hydroxylation is 2. The van der Waals surface area contributed by atoms with Crippen molar-refractivity contribution in [3.63, 3.8) is 0 Å². The van der Waals surface area contributed by atoms with Crippen LogP contribution in [0.5, 0.6) is 0 Å². The van der Waals surface area contributed by atoms with Crippen molar-refractivity contribution in [3.05, 3.63) is 95.1 Å². The van der Waals surface area contributed by atoms with Crippen molar-refractivity contribution in [1.82, 2.24) is 4.72 Å². The Morgan fingerprint density at radius 3 is 2.10 bits per heavy atom. The molecule has 0 spiro atoms. The van der Waals surface area contributed by atoms with E-state index < -0.39 is 11.7 Å². The molecule has 3 aromatic carbocycles. The van der Waals surface area contributed by atoms with Crippen molar-refractivity contribution < 1.29 is 9.53 Å². The maximum atomic E-state index is 12.7. The third kappa shape index (κ3) is 10.0. The Morgan fingerprint density at radius 2 is 1.52 bits per heavy atom. The van der Waals surface area contributed by atoms with Gasteiger partial charge in [-0.3, -0.25) is 4.72 Å². The minimum atomic E-state index is -0.619. The summed E-state index contributed by atoms with van der Waals surface area (Å²) in [5, 5.41) is 0. The van der Waals surface area contributed by atoms with E-state index in [0.29, 0.717) is 6.54 Å². The van der Waals surface area contributed by atoms with E-state index in [9.17, 15) is 4.79 Å². The molecule has 1 amide bonds. The molecule has 3 rings (SSSR count). The fourth-order valence-corrected chi connectivity index (χ4v) is 4.85. The zero-order valence-corrected chi connectivity index (χ0v) is 25.8. The zero-order chi connectivity index (χ0) is 29.1. The minimum Gasteiger partial charge on any atom is -0.442 e. The van der Waals surface area contributed by atoms with Gasteiger partial charge in [-0.05, 0) is 64.3 Å². The highest BCUT2D eigenvalue weighted by Gasteiger charge is 2.23. The van der Waals surface area contributed by atoms with E-state index in [1.165, 1.54) is 22.3 Å². The number of aliphatic imine (C=N–C) groups is 1. The van der Waals surface area contributed by atoms with Crippen LogP contribution in [0.3, 0.4) is 0 Å². The number of nitrogens with one attached hydrogen (secondary N) is 1. The molecule has 7 heteroatoms. The predicted octanol–water partition coefficient (Wildman–Crippen LogP) is 7.58. The largest absolute Gasteiger partial charge is 0.442 e. The lowest BCUT2D eigenvalue weighted by Gasteiger charge is -2.34. The van der Waals surface area contributed by atoms with Crippen LogP contribution in [0.1, 0.15) is 49.9 Å². The number of amides is 1. The summed E-state index contributed by atoms with van der Waals surface area (Å²) in [6.07, 6.45) is 1.81. The summed E-state index contributed by atoms with van der Waals surface area (Å²) in [4.78, 5) is 21.3. The van der Waals surface area contributed by atoms with Gasteiger partial charge in [0.15, 0.2) is 0 Å². The zero-order valence-electron chi connectivity index (χ0n) is 25.0. The summed E-state index contributed by atoms with van der Waals surface area (Å²) in [6.45, 7) is 13.3. The Labute approximate surface area is 245 Å². The molecule has 214 valence electrons. The molecule has 0 saturated carbocycles. The highest BCUT2D eigenvalue weighted by molar-refractivity contribution is 7.97. The molecule has 0 aliphatic heterocycles. The molecule has 0 aliphatic rings. The van der Waals surface area contributed by atoms with Crippen LogP contribution in [0.15, 0.2) is 77.8 Å². The van der Waals surface area contributed by atoms with Gasteiger partial charge in [-0.2, -0.15) is 4.99 Å². The number of carbonyl (C=O) groups excluding carboxylic acids is 1. The second-order valence-corrected chi connectivity index (χ2v) is 12.2. The standard InChI is InChI=1S/C33H44N4O2S/c1-8-40-35-22-29(21-27-17-13-25(2)14-18-27)37(24-34-32(38)39-33(4,5)6)31-12-10-9-11-30(31)36(7)23-28-19-15-26(3)16-20-28/h9-20,24,29,35H,8,21-23H2,1-7H3. The van der Waals surface area contributed by atoms with Crippen LogP contribution in [-0.4, -0.2) is 43.4 Å². The summed E-state index contributed by atoms with van der Waals surface area (Å²) in [7, 11) is 2.10. The lowest BCUT2D eigenvalue weighted by atomic mass is 10.0. The van der Waals surface area contributed by atoms with Gasteiger partial charge in [-0.1, -0.05) is 90.7 Å². The molecule has 0 heterocycles. The molecule has 0 aromatic heterocycles. The first-order valence-corrected chi connectivity index (χ1v) is 14.9. The topological polar surface area (TPSA) is 57.2 Å². The smallest absolute Gasteiger partial charge is 0.435 e. The van der Waals surface area contributed by atoms with Crippen molar-refractivity contribution >= 4 is 35.8 Å². The van der Waals surface area contributed by atoms with Gasteiger partial charge in [0.25, 0.3) is 0 Å². The molecule has 3 aromatic rings. The summed E-state index contributed by atoms with van der Waals surface area (Å²) in [5.41, 5.74) is 6.33. The number of para-hydroxylation sites is 2. The first-order chi connectivity index (χ1) is 19.1. The molecule has 40 heavy (non-hydrogen) atoms. The first kappa shape index (κ1) is 31.2. The van der Waals surface area contributed by atoms with E-state index in [4.69, 9.17) is 4.74 Å². The number of hydrogen-bond acceptors (Lipinski definition) is 5. The molecule has 1 unspecified atom stereocenters. The van der Waals surface area contributed by atoms with Gasteiger partial charge in [0.05, 0.1) is 17.4 Å². The average molecular weight is 561 g/mol. The van der Waals surface area contributed by atoms with Crippen LogP contribution in [0.2, 0.25) is 0 Å². The highest BCUT2D eigenvalue weighted by Crippen LogP contribution is 2.31. The van der Waals surface area contributed by atoms with E-state index in [-0.39, 0.29) is 6.04 Å². The Kier molecular flexibility index (Phi) is 11.6. The van der Waals surface area contributed by atoms with Crippen LogP contribution >= 0.6 is 11.9 Å². The van der Waals surface area contributed by atoms with E-state index in [1.807, 2.05) is 32.9 Å². The SMILES string of the molecule is CCSNCC(Cc1ccc(C)cc1)N(C=NC(=O)OC(C)(C)C)c1ccccc1N(C)Cc1ccc(C)cc1. The van der Waals surface area contributed by atoms with Crippen LogP contribution in [0.4, 0.5) is 16.2 Å². The number of nitrogens with zero attached hydrogens (tertiary/aromatic N) is 3. The van der Waals surface area contributed by atoms with Crippen LogP contribution < -0.4 is 14.5 Å². The summed E-state index contributed by atoms with van der Waals surface area (Å²) >= 11 is 1.68. The molecule has 0 fully saturated rings. The van der Waals surface area contributed by atoms with Crippen molar-refractivity contribution in [2.75, 3.05) is 29.1 Å². The number of hydrogen-bond donors (Lipinski definition) is 1. The number of ether oxygens (including phenoxy) is 1. The molecule has 0 saturated heterocycles. The van der Waals surface area contributed by atoms with E-state index in [2.05, 4.69) is 108 Å².